The molecule has 0 spiro atoms. The number of para-hydroxylation sites is 2. The molecule has 3 aromatic rings. The Labute approximate surface area is 175 Å². The Morgan fingerprint density at radius 2 is 1.43 bits per heavy atom. The first-order valence-electron chi connectivity index (χ1n) is 9.41. The molecule has 0 aliphatic heterocycles. The molecule has 154 valence electrons. The van der Waals surface area contributed by atoms with Crippen molar-refractivity contribution in [3.8, 4) is 0 Å². The minimum absolute atomic E-state index is 0.157. The summed E-state index contributed by atoms with van der Waals surface area (Å²) in [5.41, 5.74) is 3.13. The van der Waals surface area contributed by atoms with Crippen molar-refractivity contribution in [2.24, 2.45) is 0 Å². The van der Waals surface area contributed by atoms with Gasteiger partial charge in [-0.3, -0.25) is 10.1 Å². The van der Waals surface area contributed by atoms with E-state index in [1.165, 1.54) is 7.11 Å². The third-order valence-electron chi connectivity index (χ3n) is 4.11. The van der Waals surface area contributed by atoms with Crippen molar-refractivity contribution in [2.75, 3.05) is 36.3 Å². The fraction of sp³-hybridized carbons (Fsp3) is 0.130. The minimum atomic E-state index is -0.590. The van der Waals surface area contributed by atoms with Crippen LogP contribution in [0.3, 0.4) is 0 Å². The normalized spacial score (nSPS) is 10.2. The molecule has 0 aromatic heterocycles. The number of hydrogen-bond acceptors (Lipinski definition) is 5. The van der Waals surface area contributed by atoms with Crippen LogP contribution in [0.25, 0.3) is 0 Å². The minimum Gasteiger partial charge on any atom is -0.447 e. The van der Waals surface area contributed by atoms with Gasteiger partial charge in [0.05, 0.1) is 17.9 Å². The second kappa shape index (κ2) is 10.6. The van der Waals surface area contributed by atoms with Gasteiger partial charge in [-0.25, -0.2) is 4.79 Å². The summed E-state index contributed by atoms with van der Waals surface area (Å²) >= 11 is 0. The Kier molecular flexibility index (Phi) is 7.40. The molecule has 7 nitrogen and oxygen atoms in total. The summed E-state index contributed by atoms with van der Waals surface area (Å²) in [4.78, 5) is 24.6. The van der Waals surface area contributed by atoms with Crippen molar-refractivity contribution < 1.29 is 19.1 Å². The van der Waals surface area contributed by atoms with Gasteiger partial charge in [0, 0.05) is 24.2 Å². The summed E-state index contributed by atoms with van der Waals surface area (Å²) in [6.45, 7) is 0.476. The van der Waals surface area contributed by atoms with Crippen LogP contribution in [0.4, 0.5) is 27.5 Å². The van der Waals surface area contributed by atoms with Crippen LogP contribution in [-0.4, -0.2) is 32.3 Å². The Balaban J connectivity index is 1.67. The number of anilines is 4. The van der Waals surface area contributed by atoms with Gasteiger partial charge in [-0.05, 0) is 42.5 Å². The lowest BCUT2D eigenvalue weighted by Gasteiger charge is -2.13. The molecule has 0 aliphatic carbocycles. The molecular weight excluding hydrogens is 382 g/mol. The van der Waals surface area contributed by atoms with E-state index in [0.29, 0.717) is 29.2 Å². The van der Waals surface area contributed by atoms with E-state index < -0.39 is 6.09 Å². The van der Waals surface area contributed by atoms with Gasteiger partial charge < -0.3 is 20.1 Å². The fourth-order valence-electron chi connectivity index (χ4n) is 2.71. The van der Waals surface area contributed by atoms with Crippen LogP contribution in [0.5, 0.6) is 0 Å². The number of rotatable bonds is 8. The monoisotopic (exact) mass is 405 g/mol. The second-order valence-electron chi connectivity index (χ2n) is 6.33. The molecule has 0 radical (unpaired) electrons. The predicted molar refractivity (Wildman–Crippen MR) is 117 cm³/mol. The van der Waals surface area contributed by atoms with E-state index in [-0.39, 0.29) is 12.5 Å². The Morgan fingerprint density at radius 3 is 2.20 bits per heavy atom. The van der Waals surface area contributed by atoms with Gasteiger partial charge in [0.25, 0.3) is 5.91 Å². The van der Waals surface area contributed by atoms with E-state index in [2.05, 4.69) is 16.0 Å². The van der Waals surface area contributed by atoms with E-state index in [4.69, 9.17) is 9.47 Å². The van der Waals surface area contributed by atoms with E-state index in [0.717, 1.165) is 5.69 Å². The number of methoxy groups -OCH3 is 1. The van der Waals surface area contributed by atoms with Crippen LogP contribution in [0.15, 0.2) is 78.9 Å². The van der Waals surface area contributed by atoms with Gasteiger partial charge in [-0.2, -0.15) is 0 Å². The maximum Gasteiger partial charge on any atom is 0.411 e. The van der Waals surface area contributed by atoms with Crippen molar-refractivity contribution in [3.05, 3.63) is 84.4 Å². The average molecular weight is 405 g/mol. The highest BCUT2D eigenvalue weighted by Gasteiger charge is 2.12. The molecule has 0 fully saturated rings. The topological polar surface area (TPSA) is 88.7 Å². The van der Waals surface area contributed by atoms with E-state index >= 15 is 0 Å². The van der Waals surface area contributed by atoms with Gasteiger partial charge in [0.2, 0.25) is 0 Å². The highest BCUT2D eigenvalue weighted by molar-refractivity contribution is 6.08. The highest BCUT2D eigenvalue weighted by atomic mass is 16.6. The zero-order valence-corrected chi connectivity index (χ0v) is 16.6. The standard InChI is InChI=1S/C23H23N3O4/c1-29-14-15-30-23(28)26-19-11-7-10-18(16-19)25-22(27)20-12-5-6-13-21(20)24-17-8-3-2-4-9-17/h2-13,16,24H,14-15H2,1H3,(H,25,27)(H,26,28). The maximum absolute atomic E-state index is 12.9. The molecule has 0 atom stereocenters. The van der Waals surface area contributed by atoms with E-state index in [1.54, 1.807) is 36.4 Å². The third kappa shape index (κ3) is 6.08. The molecule has 3 N–H and O–H groups in total. The van der Waals surface area contributed by atoms with Crippen molar-refractivity contribution >= 4 is 34.7 Å². The van der Waals surface area contributed by atoms with Crippen LogP contribution >= 0.6 is 0 Å². The largest absolute Gasteiger partial charge is 0.447 e. The molecule has 7 heteroatoms. The Hall–Kier alpha value is -3.84. The zero-order chi connectivity index (χ0) is 21.2. The Bertz CT molecular complexity index is 993. The van der Waals surface area contributed by atoms with Gasteiger partial charge in [-0.15, -0.1) is 0 Å². The molecule has 30 heavy (non-hydrogen) atoms. The summed E-state index contributed by atoms with van der Waals surface area (Å²) in [6, 6.07) is 23.7. The number of amides is 2. The predicted octanol–water partition coefficient (Wildman–Crippen LogP) is 4.88. The van der Waals surface area contributed by atoms with Crippen LogP contribution in [0.1, 0.15) is 10.4 Å². The first kappa shape index (κ1) is 20.9. The Morgan fingerprint density at radius 1 is 0.767 bits per heavy atom. The second-order valence-corrected chi connectivity index (χ2v) is 6.33. The molecule has 0 unspecified atom stereocenters. The number of benzene rings is 3. The summed E-state index contributed by atoms with van der Waals surface area (Å²) in [5, 5.41) is 8.73. The fourth-order valence-corrected chi connectivity index (χ4v) is 2.71. The highest BCUT2D eigenvalue weighted by Crippen LogP contribution is 2.23. The number of nitrogens with one attached hydrogen (secondary N) is 3. The molecule has 2 amide bonds. The van der Waals surface area contributed by atoms with Crippen LogP contribution < -0.4 is 16.0 Å². The molecule has 0 saturated carbocycles. The molecule has 3 aromatic carbocycles. The van der Waals surface area contributed by atoms with Crippen LogP contribution in [-0.2, 0) is 9.47 Å². The molecule has 0 heterocycles. The van der Waals surface area contributed by atoms with Crippen molar-refractivity contribution in [3.63, 3.8) is 0 Å². The maximum atomic E-state index is 12.9. The lowest BCUT2D eigenvalue weighted by atomic mass is 10.1. The smallest absolute Gasteiger partial charge is 0.411 e. The van der Waals surface area contributed by atoms with E-state index in [9.17, 15) is 9.59 Å². The van der Waals surface area contributed by atoms with Gasteiger partial charge >= 0.3 is 6.09 Å². The third-order valence-corrected chi connectivity index (χ3v) is 4.11. The summed E-state index contributed by atoms with van der Waals surface area (Å²) in [6.07, 6.45) is -0.590. The van der Waals surface area contributed by atoms with Crippen molar-refractivity contribution in [1.29, 1.82) is 0 Å². The van der Waals surface area contributed by atoms with Gasteiger partial charge in [0.1, 0.15) is 6.61 Å². The zero-order valence-electron chi connectivity index (χ0n) is 16.6. The summed E-state index contributed by atoms with van der Waals surface area (Å²) in [7, 11) is 1.53. The molecular formula is C23H23N3O4. The average Bonchev–Trinajstić information content (AvgIpc) is 2.75. The quantitative estimate of drug-likeness (QED) is 0.465. The number of ether oxygens (including phenoxy) is 2. The first-order valence-corrected chi connectivity index (χ1v) is 9.41. The van der Waals surface area contributed by atoms with Crippen molar-refractivity contribution in [1.82, 2.24) is 0 Å². The lowest BCUT2D eigenvalue weighted by Crippen LogP contribution is -2.17. The van der Waals surface area contributed by atoms with Crippen LogP contribution in [0.2, 0.25) is 0 Å². The summed E-state index contributed by atoms with van der Waals surface area (Å²) < 4.78 is 9.82. The molecule has 0 saturated heterocycles. The lowest BCUT2D eigenvalue weighted by molar-refractivity contribution is 0.102. The first-order chi connectivity index (χ1) is 14.7. The van der Waals surface area contributed by atoms with Gasteiger partial charge in [0.15, 0.2) is 0 Å². The van der Waals surface area contributed by atoms with Crippen molar-refractivity contribution in [2.45, 2.75) is 0 Å². The summed E-state index contributed by atoms with van der Waals surface area (Å²) in [5.74, 6) is -0.270. The van der Waals surface area contributed by atoms with Crippen LogP contribution in [0, 0.1) is 0 Å². The molecule has 3 rings (SSSR count). The number of carbonyl (C=O) groups is 2. The molecule has 0 bridgehead atoms. The molecule has 0 aliphatic rings. The number of hydrogen-bond donors (Lipinski definition) is 3. The number of carbonyl (C=O) groups excluding carboxylic acids is 2. The van der Waals surface area contributed by atoms with Gasteiger partial charge in [-0.1, -0.05) is 36.4 Å². The SMILES string of the molecule is COCCOC(=O)Nc1cccc(NC(=O)c2ccccc2Nc2ccccc2)c1. The van der Waals surface area contributed by atoms with E-state index in [1.807, 2.05) is 42.5 Å².